The molecule has 0 unspecified atom stereocenters. The lowest BCUT2D eigenvalue weighted by molar-refractivity contribution is -0.115. The Kier molecular flexibility index (Phi) is 5.90. The highest BCUT2D eigenvalue weighted by molar-refractivity contribution is 7.13. The highest BCUT2D eigenvalue weighted by Crippen LogP contribution is 2.38. The normalized spacial score (nSPS) is 9.96. The third-order valence-electron chi connectivity index (χ3n) is 2.94. The van der Waals surface area contributed by atoms with Crippen molar-refractivity contribution in [3.8, 4) is 17.2 Å². The molecule has 0 saturated heterocycles. The Bertz CT molecular complexity index is 695. The molecule has 2 N–H and O–H groups in total. The van der Waals surface area contributed by atoms with Crippen molar-refractivity contribution in [1.29, 1.82) is 0 Å². The first-order valence-electron chi connectivity index (χ1n) is 6.73. The van der Waals surface area contributed by atoms with E-state index in [1.165, 1.54) is 50.3 Å². The Balaban J connectivity index is 2.05. The number of aromatic nitrogens is 2. The van der Waals surface area contributed by atoms with Crippen LogP contribution in [0.15, 0.2) is 17.6 Å². The summed E-state index contributed by atoms with van der Waals surface area (Å²) in [7, 11) is 4.38. The fraction of sp³-hybridized carbons (Fsp3) is 0.286. The molecule has 0 radical (unpaired) electrons. The molecule has 24 heavy (non-hydrogen) atoms. The number of carbonyl (C=O) groups excluding carboxylic acids is 2. The number of nitrogens with one attached hydrogen (secondary N) is 2. The average molecular weight is 352 g/mol. The molecule has 9 nitrogen and oxygen atoms in total. The van der Waals surface area contributed by atoms with Crippen LogP contribution in [0.3, 0.4) is 0 Å². The highest BCUT2D eigenvalue weighted by atomic mass is 32.1. The van der Waals surface area contributed by atoms with Gasteiger partial charge in [0.2, 0.25) is 16.8 Å². The summed E-state index contributed by atoms with van der Waals surface area (Å²) < 4.78 is 15.6. The van der Waals surface area contributed by atoms with E-state index in [9.17, 15) is 9.59 Å². The minimum Gasteiger partial charge on any atom is -0.493 e. The average Bonchev–Trinajstić information content (AvgIpc) is 3.11. The van der Waals surface area contributed by atoms with Crippen molar-refractivity contribution in [1.82, 2.24) is 15.5 Å². The molecule has 0 bridgehead atoms. The third-order valence-corrected chi connectivity index (χ3v) is 3.55. The lowest BCUT2D eigenvalue weighted by Crippen LogP contribution is -2.32. The highest BCUT2D eigenvalue weighted by Gasteiger charge is 2.17. The number of nitrogens with zero attached hydrogens (tertiary/aromatic N) is 2. The van der Waals surface area contributed by atoms with Gasteiger partial charge in [-0.3, -0.25) is 14.9 Å². The van der Waals surface area contributed by atoms with Gasteiger partial charge in [0.15, 0.2) is 11.5 Å². The number of hydrogen-bond donors (Lipinski definition) is 2. The molecule has 0 fully saturated rings. The van der Waals surface area contributed by atoms with Crippen molar-refractivity contribution in [3.05, 3.63) is 23.2 Å². The summed E-state index contributed by atoms with van der Waals surface area (Å²) in [4.78, 5) is 24.0. The molecule has 0 aliphatic rings. The zero-order valence-corrected chi connectivity index (χ0v) is 14.1. The number of amides is 2. The van der Waals surface area contributed by atoms with Crippen LogP contribution in [-0.4, -0.2) is 49.9 Å². The van der Waals surface area contributed by atoms with Gasteiger partial charge in [-0.2, -0.15) is 0 Å². The van der Waals surface area contributed by atoms with Crippen molar-refractivity contribution in [2.45, 2.75) is 0 Å². The second-order valence-corrected chi connectivity index (χ2v) is 5.22. The maximum atomic E-state index is 12.2. The molecular formula is C14H16N4O5S. The Hall–Kier alpha value is -2.88. The van der Waals surface area contributed by atoms with E-state index >= 15 is 0 Å². The van der Waals surface area contributed by atoms with E-state index in [0.717, 1.165) is 0 Å². The standard InChI is InChI=1S/C14H16N4O5S/c1-21-9-4-8(5-10(22-2)12(9)23-3)13(20)15-6-11(19)17-14-18-16-7-24-14/h4-5,7H,6H2,1-3H3,(H,15,20)(H,17,18,19). The Morgan fingerprint density at radius 2 is 1.79 bits per heavy atom. The van der Waals surface area contributed by atoms with Crippen LogP contribution < -0.4 is 24.8 Å². The first-order chi connectivity index (χ1) is 11.6. The van der Waals surface area contributed by atoms with Crippen molar-refractivity contribution in [3.63, 3.8) is 0 Å². The number of rotatable bonds is 7. The smallest absolute Gasteiger partial charge is 0.251 e. The molecule has 2 aromatic rings. The maximum Gasteiger partial charge on any atom is 0.251 e. The summed E-state index contributed by atoms with van der Waals surface area (Å²) in [6, 6.07) is 3.00. The van der Waals surface area contributed by atoms with Crippen LogP contribution in [0.5, 0.6) is 17.2 Å². The summed E-state index contributed by atoms with van der Waals surface area (Å²) in [6.07, 6.45) is 0. The number of methoxy groups -OCH3 is 3. The summed E-state index contributed by atoms with van der Waals surface area (Å²) in [5.74, 6) is 0.209. The molecular weight excluding hydrogens is 336 g/mol. The minimum atomic E-state index is -0.457. The van der Waals surface area contributed by atoms with Gasteiger partial charge in [0, 0.05) is 5.56 Å². The fourth-order valence-electron chi connectivity index (χ4n) is 1.87. The summed E-state index contributed by atoms with van der Waals surface area (Å²) in [6.45, 7) is -0.213. The number of benzene rings is 1. The van der Waals surface area contributed by atoms with Crippen molar-refractivity contribution < 1.29 is 23.8 Å². The van der Waals surface area contributed by atoms with Crippen molar-refractivity contribution >= 4 is 28.3 Å². The number of ether oxygens (including phenoxy) is 3. The van der Waals surface area contributed by atoms with Crippen molar-refractivity contribution in [2.24, 2.45) is 0 Å². The van der Waals surface area contributed by atoms with Crippen LogP contribution >= 0.6 is 11.3 Å². The fourth-order valence-corrected chi connectivity index (χ4v) is 2.33. The van der Waals surface area contributed by atoms with Gasteiger partial charge in [-0.25, -0.2) is 0 Å². The molecule has 2 rings (SSSR count). The van der Waals surface area contributed by atoms with E-state index < -0.39 is 11.8 Å². The van der Waals surface area contributed by atoms with Gasteiger partial charge >= 0.3 is 0 Å². The number of hydrogen-bond acceptors (Lipinski definition) is 8. The van der Waals surface area contributed by atoms with Crippen LogP contribution in [0.1, 0.15) is 10.4 Å². The number of anilines is 1. The molecule has 0 spiro atoms. The molecule has 0 aliphatic heterocycles. The van der Waals surface area contributed by atoms with Gasteiger partial charge < -0.3 is 19.5 Å². The van der Waals surface area contributed by atoms with Gasteiger partial charge in [-0.05, 0) is 12.1 Å². The second kappa shape index (κ2) is 8.11. The largest absolute Gasteiger partial charge is 0.493 e. The van der Waals surface area contributed by atoms with Crippen LogP contribution in [-0.2, 0) is 4.79 Å². The van der Waals surface area contributed by atoms with Crippen LogP contribution in [0.2, 0.25) is 0 Å². The molecule has 10 heteroatoms. The molecule has 2 amide bonds. The molecule has 0 aliphatic carbocycles. The first kappa shape index (κ1) is 17.5. The molecule has 1 aromatic heterocycles. The summed E-state index contributed by atoms with van der Waals surface area (Å²) in [5, 5.41) is 12.7. The monoisotopic (exact) mass is 352 g/mol. The Morgan fingerprint density at radius 3 is 2.29 bits per heavy atom. The van der Waals surface area contributed by atoms with Gasteiger partial charge in [-0.1, -0.05) is 11.3 Å². The van der Waals surface area contributed by atoms with Gasteiger partial charge in [0.05, 0.1) is 27.9 Å². The van der Waals surface area contributed by atoms with E-state index in [0.29, 0.717) is 22.4 Å². The van der Waals surface area contributed by atoms with E-state index in [2.05, 4.69) is 20.8 Å². The van der Waals surface area contributed by atoms with Crippen LogP contribution in [0, 0.1) is 0 Å². The molecule has 128 valence electrons. The lowest BCUT2D eigenvalue weighted by Gasteiger charge is -2.14. The zero-order chi connectivity index (χ0) is 17.5. The predicted octanol–water partition coefficient (Wildman–Crippen LogP) is 0.932. The molecule has 0 atom stereocenters. The van der Waals surface area contributed by atoms with E-state index in [-0.39, 0.29) is 12.1 Å². The van der Waals surface area contributed by atoms with Gasteiger partial charge in [0.1, 0.15) is 5.51 Å². The van der Waals surface area contributed by atoms with E-state index in [4.69, 9.17) is 14.2 Å². The zero-order valence-electron chi connectivity index (χ0n) is 13.3. The van der Waals surface area contributed by atoms with Crippen LogP contribution in [0.4, 0.5) is 5.13 Å². The lowest BCUT2D eigenvalue weighted by atomic mass is 10.1. The van der Waals surface area contributed by atoms with Crippen molar-refractivity contribution in [2.75, 3.05) is 33.2 Å². The molecule has 1 heterocycles. The quantitative estimate of drug-likeness (QED) is 0.762. The van der Waals surface area contributed by atoms with E-state index in [1.807, 2.05) is 0 Å². The second-order valence-electron chi connectivity index (χ2n) is 4.39. The predicted molar refractivity (Wildman–Crippen MR) is 87.0 cm³/mol. The topological polar surface area (TPSA) is 112 Å². The molecule has 1 aromatic carbocycles. The maximum absolute atomic E-state index is 12.2. The van der Waals surface area contributed by atoms with Crippen LogP contribution in [0.25, 0.3) is 0 Å². The Labute approximate surface area is 141 Å². The summed E-state index contributed by atoms with van der Waals surface area (Å²) >= 11 is 1.18. The summed E-state index contributed by atoms with van der Waals surface area (Å²) in [5.41, 5.74) is 1.76. The molecule has 0 saturated carbocycles. The van der Waals surface area contributed by atoms with Gasteiger partial charge in [0.25, 0.3) is 5.91 Å². The first-order valence-corrected chi connectivity index (χ1v) is 7.61. The SMILES string of the molecule is COc1cc(C(=O)NCC(=O)Nc2nncs2)cc(OC)c1OC. The Morgan fingerprint density at radius 1 is 1.12 bits per heavy atom. The minimum absolute atomic E-state index is 0.213. The number of carbonyl (C=O) groups is 2. The van der Waals surface area contributed by atoms with E-state index in [1.54, 1.807) is 0 Å². The third kappa shape index (κ3) is 4.10. The van der Waals surface area contributed by atoms with Gasteiger partial charge in [-0.15, -0.1) is 10.2 Å².